The third-order valence-electron chi connectivity index (χ3n) is 3.87. The van der Waals surface area contributed by atoms with E-state index < -0.39 is 25.9 Å². The molecule has 0 aliphatic carbocycles. The molecule has 158 valence electrons. The molecule has 0 atom stereocenters. The molecular formula is C19H12N2O9S. The Labute approximate surface area is 174 Å². The number of nitro benzene ring substituents is 2. The van der Waals surface area contributed by atoms with Crippen molar-refractivity contribution in [1.82, 2.24) is 0 Å². The maximum absolute atomic E-state index is 12.5. The minimum atomic E-state index is -4.34. The van der Waals surface area contributed by atoms with Gasteiger partial charge in [-0.1, -0.05) is 6.07 Å². The number of carbonyl (C=O) groups excluding carboxylic acids is 1. The third kappa shape index (κ3) is 5.19. The zero-order valence-electron chi connectivity index (χ0n) is 15.4. The molecule has 0 radical (unpaired) electrons. The minimum Gasteiger partial charge on any atom is -0.423 e. The van der Waals surface area contributed by atoms with Crippen molar-refractivity contribution in [1.29, 1.82) is 0 Å². The van der Waals surface area contributed by atoms with Gasteiger partial charge in [0.2, 0.25) is 0 Å². The van der Waals surface area contributed by atoms with Crippen LogP contribution >= 0.6 is 0 Å². The van der Waals surface area contributed by atoms with Crippen LogP contribution in [0.1, 0.15) is 10.4 Å². The molecule has 0 unspecified atom stereocenters. The Bertz CT molecular complexity index is 1250. The number of hydrogen-bond donors (Lipinski definition) is 0. The number of nitro groups is 2. The first kappa shape index (κ1) is 21.4. The lowest BCUT2D eigenvalue weighted by Gasteiger charge is -2.08. The highest BCUT2D eigenvalue weighted by molar-refractivity contribution is 7.87. The number of hydrogen-bond acceptors (Lipinski definition) is 9. The van der Waals surface area contributed by atoms with Crippen LogP contribution in [0.25, 0.3) is 0 Å². The fourth-order valence-electron chi connectivity index (χ4n) is 2.38. The summed E-state index contributed by atoms with van der Waals surface area (Å²) in [5.74, 6) is -1.00. The van der Waals surface area contributed by atoms with Crippen molar-refractivity contribution >= 4 is 27.5 Å². The van der Waals surface area contributed by atoms with Gasteiger partial charge >= 0.3 is 16.1 Å². The summed E-state index contributed by atoms with van der Waals surface area (Å²) in [6.45, 7) is 0. The van der Waals surface area contributed by atoms with Gasteiger partial charge in [0.25, 0.3) is 11.4 Å². The summed E-state index contributed by atoms with van der Waals surface area (Å²) in [5.41, 5.74) is -0.524. The van der Waals surface area contributed by atoms with Crippen LogP contribution in [-0.4, -0.2) is 24.2 Å². The molecule has 0 bridgehead atoms. The maximum atomic E-state index is 12.5. The van der Waals surface area contributed by atoms with E-state index in [4.69, 9.17) is 8.92 Å². The van der Waals surface area contributed by atoms with Crippen LogP contribution in [-0.2, 0) is 10.1 Å². The molecule has 12 heteroatoms. The fraction of sp³-hybridized carbons (Fsp3) is 0. The van der Waals surface area contributed by atoms with Gasteiger partial charge in [0.05, 0.1) is 15.4 Å². The topological polar surface area (TPSA) is 156 Å². The Hall–Kier alpha value is -4.32. The van der Waals surface area contributed by atoms with E-state index in [9.17, 15) is 33.4 Å². The summed E-state index contributed by atoms with van der Waals surface area (Å²) in [5, 5.41) is 21.3. The van der Waals surface area contributed by atoms with Crippen LogP contribution in [0, 0.1) is 20.2 Å². The quantitative estimate of drug-likeness (QED) is 0.175. The smallest absolute Gasteiger partial charge is 0.343 e. The highest BCUT2D eigenvalue weighted by Gasteiger charge is 2.20. The predicted molar refractivity (Wildman–Crippen MR) is 105 cm³/mol. The molecule has 3 aromatic carbocycles. The summed E-state index contributed by atoms with van der Waals surface area (Å²) in [7, 11) is -4.34. The SMILES string of the molecule is O=C(Oc1ccc([N+](=O)[O-])cc1)c1cccc(S(=O)(=O)Oc2ccc([N+](=O)[O-])cc2)c1. The van der Waals surface area contributed by atoms with Crippen molar-refractivity contribution < 1.29 is 32.0 Å². The molecule has 31 heavy (non-hydrogen) atoms. The van der Waals surface area contributed by atoms with Gasteiger partial charge in [-0.2, -0.15) is 8.42 Å². The van der Waals surface area contributed by atoms with E-state index in [1.165, 1.54) is 30.3 Å². The summed E-state index contributed by atoms with van der Waals surface area (Å²) in [6, 6.07) is 14.1. The van der Waals surface area contributed by atoms with Gasteiger partial charge in [-0.15, -0.1) is 0 Å². The second-order valence-electron chi connectivity index (χ2n) is 5.96. The Balaban J connectivity index is 1.77. The van der Waals surface area contributed by atoms with Crippen LogP contribution in [0.15, 0.2) is 77.7 Å². The second-order valence-corrected chi connectivity index (χ2v) is 7.50. The first-order valence-electron chi connectivity index (χ1n) is 8.41. The molecule has 0 fully saturated rings. The van der Waals surface area contributed by atoms with Crippen molar-refractivity contribution in [2.24, 2.45) is 0 Å². The second kappa shape index (κ2) is 8.59. The van der Waals surface area contributed by atoms with Gasteiger partial charge in [-0.3, -0.25) is 20.2 Å². The molecule has 0 amide bonds. The highest BCUT2D eigenvalue weighted by Crippen LogP contribution is 2.23. The lowest BCUT2D eigenvalue weighted by atomic mass is 10.2. The molecular weight excluding hydrogens is 432 g/mol. The third-order valence-corrected chi connectivity index (χ3v) is 5.11. The monoisotopic (exact) mass is 444 g/mol. The average Bonchev–Trinajstić information content (AvgIpc) is 2.74. The van der Waals surface area contributed by atoms with Crippen LogP contribution < -0.4 is 8.92 Å². The van der Waals surface area contributed by atoms with Crippen LogP contribution in [0.5, 0.6) is 11.5 Å². The zero-order chi connectivity index (χ0) is 22.6. The Kier molecular flexibility index (Phi) is 5.93. The number of carbonyl (C=O) groups is 1. The van der Waals surface area contributed by atoms with Gasteiger partial charge in [0.15, 0.2) is 0 Å². The van der Waals surface area contributed by atoms with Crippen molar-refractivity contribution in [3.63, 3.8) is 0 Å². The molecule has 0 saturated carbocycles. The molecule has 0 spiro atoms. The molecule has 11 nitrogen and oxygen atoms in total. The lowest BCUT2D eigenvalue weighted by Crippen LogP contribution is -2.13. The number of rotatable bonds is 7. The van der Waals surface area contributed by atoms with Crippen molar-refractivity contribution in [3.8, 4) is 11.5 Å². The standard InChI is InChI=1S/C19H12N2O9S/c22-19(29-16-8-4-14(5-9-16)20(23)24)13-2-1-3-18(12-13)31(27,28)30-17-10-6-15(7-11-17)21(25)26/h1-12H. The van der Waals surface area contributed by atoms with E-state index in [0.717, 1.165) is 42.5 Å². The predicted octanol–water partition coefficient (Wildman–Crippen LogP) is 3.49. The fourth-order valence-corrected chi connectivity index (χ4v) is 3.36. The van der Waals surface area contributed by atoms with E-state index in [1.54, 1.807) is 0 Å². The van der Waals surface area contributed by atoms with Gasteiger partial charge in [0, 0.05) is 24.3 Å². The van der Waals surface area contributed by atoms with Crippen LogP contribution in [0.4, 0.5) is 11.4 Å². The normalized spacial score (nSPS) is 10.8. The zero-order valence-corrected chi connectivity index (χ0v) is 16.2. The van der Waals surface area contributed by atoms with Crippen molar-refractivity contribution in [2.45, 2.75) is 4.90 Å². The number of esters is 1. The molecule has 0 aliphatic rings. The Morgan fingerprint density at radius 3 is 1.81 bits per heavy atom. The molecule has 0 aromatic heterocycles. The summed E-state index contributed by atoms with van der Waals surface area (Å²) >= 11 is 0. The van der Waals surface area contributed by atoms with Gasteiger partial charge < -0.3 is 8.92 Å². The van der Waals surface area contributed by atoms with Crippen molar-refractivity contribution in [2.75, 3.05) is 0 Å². The molecule has 0 saturated heterocycles. The van der Waals surface area contributed by atoms with Crippen LogP contribution in [0.3, 0.4) is 0 Å². The van der Waals surface area contributed by atoms with E-state index >= 15 is 0 Å². The molecule has 0 heterocycles. The summed E-state index contributed by atoms with van der Waals surface area (Å²) in [6.07, 6.45) is 0. The number of benzene rings is 3. The maximum Gasteiger partial charge on any atom is 0.343 e. The minimum absolute atomic E-state index is 0.0333. The van der Waals surface area contributed by atoms with Gasteiger partial charge in [-0.05, 0) is 42.5 Å². The summed E-state index contributed by atoms with van der Waals surface area (Å²) < 4.78 is 35.0. The van der Waals surface area contributed by atoms with Crippen molar-refractivity contribution in [3.05, 3.63) is 98.6 Å². The van der Waals surface area contributed by atoms with E-state index in [-0.39, 0.29) is 33.3 Å². The average molecular weight is 444 g/mol. The first-order valence-corrected chi connectivity index (χ1v) is 9.82. The number of non-ortho nitro benzene ring substituents is 2. The Morgan fingerprint density at radius 1 is 0.774 bits per heavy atom. The van der Waals surface area contributed by atoms with E-state index in [0.29, 0.717) is 0 Å². The molecule has 0 aliphatic heterocycles. The molecule has 3 rings (SSSR count). The lowest BCUT2D eigenvalue weighted by molar-refractivity contribution is -0.385. The largest absolute Gasteiger partial charge is 0.423 e. The van der Waals surface area contributed by atoms with Crippen LogP contribution in [0.2, 0.25) is 0 Å². The van der Waals surface area contributed by atoms with E-state index in [1.807, 2.05) is 0 Å². The molecule has 0 N–H and O–H groups in total. The Morgan fingerprint density at radius 2 is 1.29 bits per heavy atom. The summed E-state index contributed by atoms with van der Waals surface area (Å²) in [4.78, 5) is 32.1. The van der Waals surface area contributed by atoms with Gasteiger partial charge in [-0.25, -0.2) is 4.79 Å². The van der Waals surface area contributed by atoms with E-state index in [2.05, 4.69) is 0 Å². The molecule has 3 aromatic rings. The first-order chi connectivity index (χ1) is 14.7. The number of nitrogens with zero attached hydrogens (tertiary/aromatic N) is 2. The van der Waals surface area contributed by atoms with Gasteiger partial charge in [0.1, 0.15) is 16.4 Å². The highest BCUT2D eigenvalue weighted by atomic mass is 32.2. The number of ether oxygens (including phenoxy) is 1.